The summed E-state index contributed by atoms with van der Waals surface area (Å²) in [5.74, 6) is 0.988. The zero-order valence-electron chi connectivity index (χ0n) is 19.3. The van der Waals surface area contributed by atoms with E-state index in [-0.39, 0.29) is 11.7 Å². The Morgan fingerprint density at radius 3 is 1.91 bits per heavy atom. The molecule has 34 heavy (non-hydrogen) atoms. The van der Waals surface area contributed by atoms with Crippen LogP contribution in [0.1, 0.15) is 41.5 Å². The van der Waals surface area contributed by atoms with Crippen molar-refractivity contribution >= 4 is 5.78 Å². The molecule has 0 bridgehead atoms. The molecule has 0 saturated heterocycles. The number of rotatable bonds is 6. The van der Waals surface area contributed by atoms with Gasteiger partial charge in [0.1, 0.15) is 11.5 Å². The predicted octanol–water partition coefficient (Wildman–Crippen LogP) is 7.56. The number of carbonyl (C=O) groups is 1. The molecule has 0 unspecified atom stereocenters. The highest BCUT2D eigenvalue weighted by Crippen LogP contribution is 2.36. The molecule has 0 fully saturated rings. The van der Waals surface area contributed by atoms with E-state index in [0.29, 0.717) is 11.3 Å². The molecule has 0 amide bonds. The minimum atomic E-state index is -0.0293. The van der Waals surface area contributed by atoms with Crippen LogP contribution in [0, 0.1) is 0 Å². The third kappa shape index (κ3) is 4.08. The molecule has 5 rings (SSSR count). The van der Waals surface area contributed by atoms with Crippen LogP contribution in [-0.4, -0.2) is 15.3 Å². The molecule has 2 aromatic heterocycles. The largest absolute Gasteiger partial charge is 0.290 e. The molecule has 3 nitrogen and oxygen atoms in total. The number of hydrogen-bond donors (Lipinski definition) is 0. The molecule has 0 aliphatic carbocycles. The van der Waals surface area contributed by atoms with Crippen molar-refractivity contribution in [2.45, 2.75) is 19.8 Å². The summed E-state index contributed by atoms with van der Waals surface area (Å²) in [4.78, 5) is 19.0. The van der Waals surface area contributed by atoms with Crippen molar-refractivity contribution in [2.24, 2.45) is 0 Å². The third-order valence-electron chi connectivity index (χ3n) is 5.98. The maximum atomic E-state index is 14.0. The Kier molecular flexibility index (Phi) is 5.92. The van der Waals surface area contributed by atoms with E-state index in [1.165, 1.54) is 0 Å². The van der Waals surface area contributed by atoms with Gasteiger partial charge in [-0.2, -0.15) is 0 Å². The smallest absolute Gasteiger partial charge is 0.210 e. The first kappa shape index (κ1) is 21.6. The Bertz CT molecular complexity index is 1420. The zero-order valence-corrected chi connectivity index (χ0v) is 19.3. The average molecular weight is 443 g/mol. The minimum Gasteiger partial charge on any atom is -0.290 e. The lowest BCUT2D eigenvalue weighted by Crippen LogP contribution is -2.13. The molecule has 0 aliphatic heterocycles. The van der Waals surface area contributed by atoms with Gasteiger partial charge in [-0.1, -0.05) is 111 Å². The Morgan fingerprint density at radius 1 is 0.706 bits per heavy atom. The van der Waals surface area contributed by atoms with Crippen LogP contribution in [0.4, 0.5) is 0 Å². The van der Waals surface area contributed by atoms with Gasteiger partial charge in [0, 0.05) is 16.8 Å². The van der Waals surface area contributed by atoms with Crippen molar-refractivity contribution < 1.29 is 4.79 Å². The first-order valence-electron chi connectivity index (χ1n) is 11.6. The second-order valence-corrected chi connectivity index (χ2v) is 8.63. The number of nitrogens with zero attached hydrogens (tertiary/aromatic N) is 2. The highest BCUT2D eigenvalue weighted by Gasteiger charge is 2.25. The second kappa shape index (κ2) is 9.32. The van der Waals surface area contributed by atoms with E-state index in [0.717, 1.165) is 33.9 Å². The normalized spacial score (nSPS) is 11.0. The van der Waals surface area contributed by atoms with Crippen LogP contribution < -0.4 is 0 Å². The van der Waals surface area contributed by atoms with Gasteiger partial charge in [0.25, 0.3) is 0 Å². The topological polar surface area (TPSA) is 34.9 Å². The monoisotopic (exact) mass is 442 g/mol. The molecule has 3 aromatic carbocycles. The number of carbonyl (C=O) groups excluding carboxylic acids is 1. The summed E-state index contributed by atoms with van der Waals surface area (Å²) in [7, 11) is 0. The average Bonchev–Trinajstić information content (AvgIpc) is 3.30. The SMILES string of the molecule is CC(C)c1cccc(-n2c(-c3ccccc3)cc(-c3ccccc3)c2C(=O)c2ccccc2)n1. The molecule has 166 valence electrons. The van der Waals surface area contributed by atoms with Gasteiger partial charge < -0.3 is 0 Å². The fourth-order valence-electron chi connectivity index (χ4n) is 4.24. The van der Waals surface area contributed by atoms with Crippen molar-refractivity contribution in [2.75, 3.05) is 0 Å². The summed E-state index contributed by atoms with van der Waals surface area (Å²) >= 11 is 0. The summed E-state index contributed by atoms with van der Waals surface area (Å²) < 4.78 is 2.03. The Hall–Kier alpha value is -4.24. The fraction of sp³-hybridized carbons (Fsp3) is 0.0968. The van der Waals surface area contributed by atoms with Gasteiger partial charge in [0.05, 0.1) is 5.69 Å². The number of ketones is 1. The van der Waals surface area contributed by atoms with Gasteiger partial charge in [0.15, 0.2) is 0 Å². The van der Waals surface area contributed by atoms with E-state index in [1.807, 2.05) is 102 Å². The fourth-order valence-corrected chi connectivity index (χ4v) is 4.24. The van der Waals surface area contributed by atoms with E-state index in [2.05, 4.69) is 32.0 Å². The van der Waals surface area contributed by atoms with Gasteiger partial charge in [0.2, 0.25) is 5.78 Å². The van der Waals surface area contributed by atoms with Crippen LogP contribution in [0.5, 0.6) is 0 Å². The van der Waals surface area contributed by atoms with Gasteiger partial charge in [-0.05, 0) is 35.2 Å². The second-order valence-electron chi connectivity index (χ2n) is 8.63. The quantitative estimate of drug-likeness (QED) is 0.254. The Balaban J connectivity index is 1.86. The first-order chi connectivity index (χ1) is 16.6. The van der Waals surface area contributed by atoms with E-state index in [4.69, 9.17) is 4.98 Å². The van der Waals surface area contributed by atoms with Crippen LogP contribution in [0.2, 0.25) is 0 Å². The summed E-state index contributed by atoms with van der Waals surface area (Å²) in [6.45, 7) is 4.26. The van der Waals surface area contributed by atoms with Crippen molar-refractivity contribution in [3.8, 4) is 28.2 Å². The lowest BCUT2D eigenvalue weighted by Gasteiger charge is -2.15. The molecular formula is C31H26N2O. The highest BCUT2D eigenvalue weighted by molar-refractivity contribution is 6.13. The summed E-state index contributed by atoms with van der Waals surface area (Å²) in [5, 5.41) is 0. The number of benzene rings is 3. The van der Waals surface area contributed by atoms with Crippen LogP contribution in [0.3, 0.4) is 0 Å². The number of aromatic nitrogens is 2. The molecule has 0 spiro atoms. The standard InChI is InChI=1S/C31H26N2O/c1-22(2)27-19-12-20-29(32-27)33-28(24-15-8-4-9-16-24)21-26(23-13-6-3-7-14-23)30(33)31(34)25-17-10-5-11-18-25/h3-22H,1-2H3. The lowest BCUT2D eigenvalue weighted by atomic mass is 10.00. The molecule has 0 aliphatic rings. The van der Waals surface area contributed by atoms with Crippen LogP contribution in [0.15, 0.2) is 115 Å². The molecule has 0 radical (unpaired) electrons. The maximum absolute atomic E-state index is 14.0. The first-order valence-corrected chi connectivity index (χ1v) is 11.6. The minimum absolute atomic E-state index is 0.0293. The molecule has 5 aromatic rings. The summed E-state index contributed by atoms with van der Waals surface area (Å²) in [6.07, 6.45) is 0. The predicted molar refractivity (Wildman–Crippen MR) is 138 cm³/mol. The Morgan fingerprint density at radius 2 is 1.29 bits per heavy atom. The van der Waals surface area contributed by atoms with E-state index < -0.39 is 0 Å². The van der Waals surface area contributed by atoms with E-state index in [1.54, 1.807) is 0 Å². The van der Waals surface area contributed by atoms with E-state index >= 15 is 0 Å². The molecular weight excluding hydrogens is 416 g/mol. The van der Waals surface area contributed by atoms with E-state index in [9.17, 15) is 4.79 Å². The molecule has 2 heterocycles. The van der Waals surface area contributed by atoms with Crippen molar-refractivity contribution in [3.63, 3.8) is 0 Å². The number of hydrogen-bond acceptors (Lipinski definition) is 2. The van der Waals surface area contributed by atoms with Crippen molar-refractivity contribution in [1.29, 1.82) is 0 Å². The summed E-state index contributed by atoms with van der Waals surface area (Å²) in [5.41, 5.74) is 6.12. The van der Waals surface area contributed by atoms with Crippen LogP contribution >= 0.6 is 0 Å². The third-order valence-corrected chi connectivity index (χ3v) is 5.98. The number of pyridine rings is 1. The van der Waals surface area contributed by atoms with Crippen LogP contribution in [0.25, 0.3) is 28.2 Å². The molecule has 0 saturated carbocycles. The van der Waals surface area contributed by atoms with Crippen molar-refractivity contribution in [1.82, 2.24) is 9.55 Å². The maximum Gasteiger partial charge on any atom is 0.210 e. The molecule has 3 heteroatoms. The Labute approximate surface area is 200 Å². The molecule has 0 atom stereocenters. The van der Waals surface area contributed by atoms with Gasteiger partial charge in [-0.25, -0.2) is 4.98 Å². The lowest BCUT2D eigenvalue weighted by molar-refractivity contribution is 0.103. The van der Waals surface area contributed by atoms with Crippen molar-refractivity contribution in [3.05, 3.63) is 132 Å². The highest BCUT2D eigenvalue weighted by atomic mass is 16.1. The van der Waals surface area contributed by atoms with Gasteiger partial charge in [-0.3, -0.25) is 9.36 Å². The summed E-state index contributed by atoms with van der Waals surface area (Å²) in [6, 6.07) is 37.9. The van der Waals surface area contributed by atoms with Gasteiger partial charge in [-0.15, -0.1) is 0 Å². The molecule has 0 N–H and O–H groups in total. The zero-order chi connectivity index (χ0) is 23.5. The van der Waals surface area contributed by atoms with Crippen LogP contribution in [-0.2, 0) is 0 Å². The van der Waals surface area contributed by atoms with Gasteiger partial charge >= 0.3 is 0 Å².